The molecule has 1 amide bonds. The van der Waals surface area contributed by atoms with Crippen molar-refractivity contribution in [3.05, 3.63) is 65.5 Å². The molecule has 0 fully saturated rings. The molecule has 1 atom stereocenters. The Bertz CT molecular complexity index is 623. The summed E-state index contributed by atoms with van der Waals surface area (Å²) >= 11 is 0. The zero-order valence-electron chi connectivity index (χ0n) is 13.5. The Hall–Kier alpha value is -2.36. The average Bonchev–Trinajstić information content (AvgIpc) is 2.55. The minimum Gasteiger partial charge on any atom is -0.481 e. The van der Waals surface area contributed by atoms with Crippen molar-refractivity contribution >= 4 is 5.91 Å². The highest BCUT2D eigenvalue weighted by atomic mass is 19.1. The summed E-state index contributed by atoms with van der Waals surface area (Å²) in [5, 5.41) is 2.86. The van der Waals surface area contributed by atoms with Gasteiger partial charge in [-0.15, -0.1) is 0 Å². The number of nitrogens with one attached hydrogen (secondary N) is 1. The molecule has 1 unspecified atom stereocenters. The first-order valence-corrected chi connectivity index (χ1v) is 7.80. The molecule has 0 aliphatic heterocycles. The molecule has 3 nitrogen and oxygen atoms in total. The van der Waals surface area contributed by atoms with Crippen molar-refractivity contribution in [1.82, 2.24) is 5.32 Å². The minimum absolute atomic E-state index is 0.135. The molecule has 1 N–H and O–H groups in total. The van der Waals surface area contributed by atoms with Gasteiger partial charge in [-0.1, -0.05) is 29.8 Å². The maximum absolute atomic E-state index is 12.8. The van der Waals surface area contributed by atoms with E-state index < -0.39 is 6.10 Å². The van der Waals surface area contributed by atoms with Gasteiger partial charge in [-0.25, -0.2) is 4.39 Å². The first kappa shape index (κ1) is 17.0. The van der Waals surface area contributed by atoms with Gasteiger partial charge in [0.05, 0.1) is 0 Å². The number of carbonyl (C=O) groups is 1. The second-order valence-electron chi connectivity index (χ2n) is 5.59. The topological polar surface area (TPSA) is 38.3 Å². The van der Waals surface area contributed by atoms with E-state index in [1.165, 1.54) is 12.1 Å². The van der Waals surface area contributed by atoms with Crippen molar-refractivity contribution in [2.45, 2.75) is 32.8 Å². The number of aryl methyl sites for hydroxylation is 2. The molecular weight excluding hydrogens is 293 g/mol. The summed E-state index contributed by atoms with van der Waals surface area (Å²) in [6.45, 7) is 4.30. The Balaban J connectivity index is 1.69. The number of hydrogen-bond acceptors (Lipinski definition) is 2. The maximum Gasteiger partial charge on any atom is 0.260 e. The van der Waals surface area contributed by atoms with E-state index in [1.54, 1.807) is 19.1 Å². The number of ether oxygens (including phenoxy) is 1. The van der Waals surface area contributed by atoms with Crippen LogP contribution in [-0.4, -0.2) is 18.6 Å². The summed E-state index contributed by atoms with van der Waals surface area (Å²) < 4.78 is 18.4. The van der Waals surface area contributed by atoms with Crippen LogP contribution in [0.1, 0.15) is 24.5 Å². The van der Waals surface area contributed by atoms with Gasteiger partial charge in [0, 0.05) is 6.54 Å². The van der Waals surface area contributed by atoms with Crippen molar-refractivity contribution in [3.63, 3.8) is 0 Å². The summed E-state index contributed by atoms with van der Waals surface area (Å²) in [7, 11) is 0. The number of rotatable bonds is 7. The second-order valence-corrected chi connectivity index (χ2v) is 5.59. The predicted octanol–water partition coefficient (Wildman–Crippen LogP) is 3.65. The average molecular weight is 315 g/mol. The summed E-state index contributed by atoms with van der Waals surface area (Å²) in [5.74, 6) is 0.318. The molecule has 2 aromatic rings. The Morgan fingerprint density at radius 2 is 1.78 bits per heavy atom. The molecule has 0 radical (unpaired) electrons. The van der Waals surface area contributed by atoms with Gasteiger partial charge in [-0.2, -0.15) is 0 Å². The van der Waals surface area contributed by atoms with Crippen LogP contribution in [0.15, 0.2) is 48.5 Å². The van der Waals surface area contributed by atoms with Crippen LogP contribution >= 0.6 is 0 Å². The minimum atomic E-state index is -0.538. The summed E-state index contributed by atoms with van der Waals surface area (Å²) in [5.41, 5.74) is 2.21. The Labute approximate surface area is 136 Å². The number of hydrogen-bond donors (Lipinski definition) is 1. The normalized spacial score (nSPS) is 11.8. The van der Waals surface area contributed by atoms with Gasteiger partial charge < -0.3 is 10.1 Å². The first-order valence-electron chi connectivity index (χ1n) is 7.80. The lowest BCUT2D eigenvalue weighted by Gasteiger charge is -2.14. The summed E-state index contributed by atoms with van der Waals surface area (Å²) in [6, 6.07) is 14.0. The SMILES string of the molecule is Cc1ccc(OC(C)C(=O)NCCCc2ccc(F)cc2)cc1. The quantitative estimate of drug-likeness (QED) is 0.792. The molecule has 0 spiro atoms. The number of amides is 1. The molecule has 2 rings (SSSR count). The van der Waals surface area contributed by atoms with E-state index in [9.17, 15) is 9.18 Å². The number of halogens is 1. The maximum atomic E-state index is 12.8. The van der Waals surface area contributed by atoms with Gasteiger partial charge in [0.1, 0.15) is 11.6 Å². The largest absolute Gasteiger partial charge is 0.481 e. The second kappa shape index (κ2) is 8.32. The van der Waals surface area contributed by atoms with E-state index in [1.807, 2.05) is 31.2 Å². The molecule has 0 bridgehead atoms. The third-order valence-corrected chi connectivity index (χ3v) is 3.56. The van der Waals surface area contributed by atoms with Crippen LogP contribution in [0.3, 0.4) is 0 Å². The van der Waals surface area contributed by atoms with Crippen LogP contribution in [-0.2, 0) is 11.2 Å². The molecule has 23 heavy (non-hydrogen) atoms. The van der Waals surface area contributed by atoms with Crippen LogP contribution < -0.4 is 10.1 Å². The third kappa shape index (κ3) is 5.74. The molecule has 4 heteroatoms. The van der Waals surface area contributed by atoms with Crippen molar-refractivity contribution in [2.24, 2.45) is 0 Å². The van der Waals surface area contributed by atoms with Gasteiger partial charge in [0.2, 0.25) is 0 Å². The van der Waals surface area contributed by atoms with Crippen molar-refractivity contribution in [2.75, 3.05) is 6.54 Å². The smallest absolute Gasteiger partial charge is 0.260 e. The fourth-order valence-corrected chi connectivity index (χ4v) is 2.17. The van der Waals surface area contributed by atoms with Crippen molar-refractivity contribution in [3.8, 4) is 5.75 Å². The van der Waals surface area contributed by atoms with Gasteiger partial charge in [-0.3, -0.25) is 4.79 Å². The highest BCUT2D eigenvalue weighted by Gasteiger charge is 2.13. The van der Waals surface area contributed by atoms with Crippen LogP contribution in [0.2, 0.25) is 0 Å². The van der Waals surface area contributed by atoms with Gasteiger partial charge >= 0.3 is 0 Å². The lowest BCUT2D eigenvalue weighted by atomic mass is 10.1. The molecule has 0 saturated heterocycles. The van der Waals surface area contributed by atoms with Crippen LogP contribution in [0.5, 0.6) is 5.75 Å². The predicted molar refractivity (Wildman–Crippen MR) is 89.0 cm³/mol. The number of benzene rings is 2. The standard InChI is InChI=1S/C19H22FNO2/c1-14-5-11-18(12-6-14)23-15(2)19(22)21-13-3-4-16-7-9-17(20)10-8-16/h5-12,15H,3-4,13H2,1-2H3,(H,21,22). The third-order valence-electron chi connectivity index (χ3n) is 3.56. The van der Waals surface area contributed by atoms with Crippen molar-refractivity contribution < 1.29 is 13.9 Å². The van der Waals surface area contributed by atoms with E-state index in [4.69, 9.17) is 4.74 Å². The van der Waals surface area contributed by atoms with Crippen LogP contribution in [0.4, 0.5) is 4.39 Å². The molecule has 0 saturated carbocycles. The van der Waals surface area contributed by atoms with Gasteiger partial charge in [0.15, 0.2) is 6.10 Å². The molecule has 0 aliphatic carbocycles. The van der Waals surface area contributed by atoms with Gasteiger partial charge in [-0.05, 0) is 56.5 Å². The van der Waals surface area contributed by atoms with Gasteiger partial charge in [0.25, 0.3) is 5.91 Å². The van der Waals surface area contributed by atoms with E-state index in [0.29, 0.717) is 12.3 Å². The number of carbonyl (C=O) groups excluding carboxylic acids is 1. The highest BCUT2D eigenvalue weighted by Crippen LogP contribution is 2.13. The van der Waals surface area contributed by atoms with E-state index in [0.717, 1.165) is 24.0 Å². The Kier molecular flexibility index (Phi) is 6.15. The zero-order valence-corrected chi connectivity index (χ0v) is 13.5. The molecule has 2 aromatic carbocycles. The monoisotopic (exact) mass is 315 g/mol. The Morgan fingerprint density at radius 3 is 2.43 bits per heavy atom. The van der Waals surface area contributed by atoms with E-state index >= 15 is 0 Å². The molecule has 0 heterocycles. The van der Waals surface area contributed by atoms with E-state index in [-0.39, 0.29) is 11.7 Å². The van der Waals surface area contributed by atoms with Crippen LogP contribution in [0, 0.1) is 12.7 Å². The van der Waals surface area contributed by atoms with Crippen molar-refractivity contribution in [1.29, 1.82) is 0 Å². The molecule has 0 aromatic heterocycles. The lowest BCUT2D eigenvalue weighted by Crippen LogP contribution is -2.36. The molecular formula is C19H22FNO2. The van der Waals surface area contributed by atoms with E-state index in [2.05, 4.69) is 5.32 Å². The zero-order chi connectivity index (χ0) is 16.7. The Morgan fingerprint density at radius 1 is 1.13 bits per heavy atom. The lowest BCUT2D eigenvalue weighted by molar-refractivity contribution is -0.127. The fraction of sp³-hybridized carbons (Fsp3) is 0.316. The van der Waals surface area contributed by atoms with Crippen LogP contribution in [0.25, 0.3) is 0 Å². The summed E-state index contributed by atoms with van der Waals surface area (Å²) in [4.78, 5) is 12.0. The fourth-order valence-electron chi connectivity index (χ4n) is 2.17. The first-order chi connectivity index (χ1) is 11.0. The molecule has 0 aliphatic rings. The highest BCUT2D eigenvalue weighted by molar-refractivity contribution is 5.80. The molecule has 122 valence electrons. The summed E-state index contributed by atoms with van der Waals surface area (Å²) in [6.07, 6.45) is 1.06.